The van der Waals surface area contributed by atoms with E-state index in [0.717, 1.165) is 74.1 Å². The van der Waals surface area contributed by atoms with Gasteiger partial charge in [0.05, 0.1) is 53.5 Å². The van der Waals surface area contributed by atoms with Crippen LogP contribution < -0.4 is 29.3 Å². The van der Waals surface area contributed by atoms with Gasteiger partial charge in [0.25, 0.3) is 21.6 Å². The molecule has 3 N–H and O–H groups in total. The van der Waals surface area contributed by atoms with E-state index in [1.807, 2.05) is 48.2 Å². The molecule has 3 atom stereocenters. The number of aromatic amines is 1. The van der Waals surface area contributed by atoms with Crippen LogP contribution in [0.3, 0.4) is 0 Å². The Morgan fingerprint density at radius 1 is 1.01 bits per heavy atom. The van der Waals surface area contributed by atoms with E-state index in [0.29, 0.717) is 42.7 Å². The first-order valence-corrected chi connectivity index (χ1v) is 24.5. The van der Waals surface area contributed by atoms with Crippen LogP contribution >= 0.6 is 24.0 Å². The average molecular weight is 990 g/mol. The maximum Gasteiger partial charge on any atom is 0.297 e. The highest BCUT2D eigenvalue weighted by Gasteiger charge is 2.37. The number of ether oxygens (including phenoxy) is 4. The number of fused-ring (bicyclic) bond motifs is 3. The first-order valence-electron chi connectivity index (χ1n) is 22.7. The number of anilines is 4. The first-order chi connectivity index (χ1) is 32.2. The highest BCUT2D eigenvalue weighted by Crippen LogP contribution is 2.45. The molecule has 0 saturated carbocycles. The Bertz CT molecular complexity index is 2880. The number of amides is 1. The van der Waals surface area contributed by atoms with Gasteiger partial charge in [0, 0.05) is 67.1 Å². The lowest BCUT2D eigenvalue weighted by Gasteiger charge is -2.40. The van der Waals surface area contributed by atoms with Crippen molar-refractivity contribution in [3.05, 3.63) is 105 Å². The van der Waals surface area contributed by atoms with Crippen LogP contribution in [-0.4, -0.2) is 118 Å². The van der Waals surface area contributed by atoms with Crippen molar-refractivity contribution in [2.24, 2.45) is 5.41 Å². The van der Waals surface area contributed by atoms with Gasteiger partial charge < -0.3 is 39.0 Å². The second-order valence-corrected chi connectivity index (χ2v) is 20.8. The van der Waals surface area contributed by atoms with Gasteiger partial charge >= 0.3 is 0 Å². The fourth-order valence-electron chi connectivity index (χ4n) is 9.79. The number of piperazine rings is 1. The molecule has 2 aromatic heterocycles. The molecule has 0 spiro atoms. The Balaban J connectivity index is 0.00000578. The molecule has 6 heterocycles. The summed E-state index contributed by atoms with van der Waals surface area (Å²) in [5, 5.41) is 17.1. The molecule has 17 nitrogen and oxygen atoms in total. The Morgan fingerprint density at radius 2 is 1.81 bits per heavy atom. The molecule has 4 aliphatic heterocycles. The molecule has 0 unspecified atom stereocenters. The van der Waals surface area contributed by atoms with E-state index >= 15 is 0 Å². The van der Waals surface area contributed by atoms with Crippen LogP contribution in [0, 0.1) is 15.5 Å². The Morgan fingerprint density at radius 3 is 2.56 bits per heavy atom. The number of sulfonamides is 1. The predicted molar refractivity (Wildman–Crippen MR) is 263 cm³/mol. The van der Waals surface area contributed by atoms with Crippen LogP contribution in [0.4, 0.5) is 28.4 Å². The molecule has 5 aliphatic rings. The normalized spacial score (nSPS) is 21.7. The molecular formula is C48H54Cl2N8O9S. The maximum absolute atomic E-state index is 14.5. The number of aromatic nitrogens is 2. The SMILES string of the molecule is C[C@@H]1CN(c2cc(N3CCN(CC4=C(c5ccc(Cl)cc5)CC(C)(C)CC4)CC3)ccc2C(=O)NS(=O)(=O)c2cc3c(c([N+](=O)[O-])c2)N[C@@H]([C@H]2COCCO2)CO3)c2cc3cc[nH]c3nc2O1.Cl. The highest BCUT2D eigenvalue weighted by atomic mass is 35.5. The number of rotatable bonds is 10. The van der Waals surface area contributed by atoms with Crippen LogP contribution in [0.2, 0.25) is 5.02 Å². The Hall–Kier alpha value is -5.63. The third-order valence-electron chi connectivity index (χ3n) is 13.4. The molecule has 20 heteroatoms. The molecule has 1 aliphatic carbocycles. The highest BCUT2D eigenvalue weighted by molar-refractivity contribution is 7.90. The summed E-state index contributed by atoms with van der Waals surface area (Å²) in [5.74, 6) is -0.592. The number of pyridine rings is 1. The predicted octanol–water partition coefficient (Wildman–Crippen LogP) is 7.96. The van der Waals surface area contributed by atoms with E-state index < -0.39 is 43.6 Å². The van der Waals surface area contributed by atoms with Crippen molar-refractivity contribution >= 4 is 85.0 Å². The van der Waals surface area contributed by atoms with E-state index in [1.54, 1.807) is 12.3 Å². The molecule has 360 valence electrons. The first kappa shape index (κ1) is 47.4. The van der Waals surface area contributed by atoms with Gasteiger partial charge in [-0.15, -0.1) is 12.4 Å². The average Bonchev–Trinajstić information content (AvgIpc) is 3.78. The molecule has 1 amide bonds. The summed E-state index contributed by atoms with van der Waals surface area (Å²) < 4.78 is 53.9. The number of nitrogens with one attached hydrogen (secondary N) is 3. The smallest absolute Gasteiger partial charge is 0.297 e. The number of nitrogens with zero attached hydrogens (tertiary/aromatic N) is 5. The second-order valence-electron chi connectivity index (χ2n) is 18.7. The molecular weight excluding hydrogens is 936 g/mol. The number of nitro groups is 1. The summed E-state index contributed by atoms with van der Waals surface area (Å²) in [6, 6.07) is 19.0. The Kier molecular flexibility index (Phi) is 13.3. The number of carbonyl (C=O) groups excluding carboxylic acids is 1. The number of hydrogen-bond acceptors (Lipinski definition) is 14. The molecule has 10 rings (SSSR count). The zero-order chi connectivity index (χ0) is 46.6. The minimum atomic E-state index is -4.69. The van der Waals surface area contributed by atoms with Gasteiger partial charge in [-0.25, -0.2) is 13.1 Å². The van der Waals surface area contributed by atoms with E-state index in [-0.39, 0.29) is 54.1 Å². The van der Waals surface area contributed by atoms with Crippen LogP contribution in [0.15, 0.2) is 83.4 Å². The lowest BCUT2D eigenvalue weighted by atomic mass is 9.72. The summed E-state index contributed by atoms with van der Waals surface area (Å²) in [6.45, 7) is 12.0. The Labute approximate surface area is 405 Å². The van der Waals surface area contributed by atoms with Gasteiger partial charge in [-0.05, 0) is 85.2 Å². The summed E-state index contributed by atoms with van der Waals surface area (Å²) in [4.78, 5) is 40.3. The monoisotopic (exact) mass is 988 g/mol. The lowest BCUT2D eigenvalue weighted by molar-refractivity contribution is -0.384. The van der Waals surface area contributed by atoms with Crippen molar-refractivity contribution < 1.29 is 37.1 Å². The molecule has 2 fully saturated rings. The molecule has 2 saturated heterocycles. The van der Waals surface area contributed by atoms with Crippen LogP contribution in [0.1, 0.15) is 56.0 Å². The van der Waals surface area contributed by atoms with Crippen molar-refractivity contribution in [2.75, 3.05) is 80.8 Å². The van der Waals surface area contributed by atoms with Crippen LogP contribution in [0.5, 0.6) is 11.6 Å². The standard InChI is InChI=1S/C48H53ClN8O9S.ClH/c1-29-25-56(41-20-31-11-13-50-45(31)52-47(41)66-29)39-21-34(55-16-14-54(15-17-55)26-32-10-12-48(2,3)24-37(32)30-4-6-33(49)7-5-30)8-9-36(39)46(58)53-67(61,62)35-22-40(57(59)60)44-42(23-35)65-27-38(51-44)43-28-63-18-19-64-43;/h4-9,11,13,20-23,29,38,43,51H,10,12,14-19,24-28H2,1-3H3,(H,50,52)(H,53,58);1H/t29-,38-,43-;/m1./s1. The van der Waals surface area contributed by atoms with Crippen molar-refractivity contribution in [1.82, 2.24) is 19.6 Å². The number of hydrogen-bond donors (Lipinski definition) is 3. The van der Waals surface area contributed by atoms with Crippen molar-refractivity contribution in [1.29, 1.82) is 0 Å². The molecule has 3 aromatic carbocycles. The summed E-state index contributed by atoms with van der Waals surface area (Å²) in [5.41, 5.74) is 6.45. The van der Waals surface area contributed by atoms with Crippen LogP contribution in [0.25, 0.3) is 16.6 Å². The maximum atomic E-state index is 14.5. The van der Waals surface area contributed by atoms with Gasteiger partial charge in [-0.1, -0.05) is 43.2 Å². The number of H-pyrrole nitrogens is 1. The largest absolute Gasteiger partial charge is 0.489 e. The fraction of sp³-hybridized carbons (Fsp3) is 0.417. The third kappa shape index (κ3) is 9.67. The van der Waals surface area contributed by atoms with Gasteiger partial charge in [-0.3, -0.25) is 19.8 Å². The third-order valence-corrected chi connectivity index (χ3v) is 15.0. The second kappa shape index (κ2) is 19.0. The van der Waals surface area contributed by atoms with E-state index in [9.17, 15) is 23.3 Å². The van der Waals surface area contributed by atoms with Crippen molar-refractivity contribution in [2.45, 2.75) is 63.2 Å². The number of halogens is 2. The quantitative estimate of drug-likeness (QED) is 0.0901. The summed E-state index contributed by atoms with van der Waals surface area (Å²) >= 11 is 6.27. The minimum absolute atomic E-state index is 0. The fourth-order valence-corrected chi connectivity index (χ4v) is 10.9. The van der Waals surface area contributed by atoms with Crippen molar-refractivity contribution in [3.63, 3.8) is 0 Å². The number of carbonyl (C=O) groups is 1. The number of allylic oxidation sites excluding steroid dienone is 1. The number of benzene rings is 3. The molecule has 0 radical (unpaired) electrons. The van der Waals surface area contributed by atoms with Gasteiger partial charge in [0.15, 0.2) is 11.4 Å². The molecule has 5 aromatic rings. The van der Waals surface area contributed by atoms with Crippen molar-refractivity contribution in [3.8, 4) is 11.6 Å². The summed E-state index contributed by atoms with van der Waals surface area (Å²) in [7, 11) is -4.69. The van der Waals surface area contributed by atoms with Crippen LogP contribution in [-0.2, 0) is 19.5 Å². The topological polar surface area (TPSA) is 194 Å². The number of nitro benzene ring substituents is 1. The summed E-state index contributed by atoms with van der Waals surface area (Å²) in [6.07, 6.45) is 4.19. The zero-order valence-electron chi connectivity index (χ0n) is 38.0. The van der Waals surface area contributed by atoms with Gasteiger partial charge in [0.1, 0.15) is 30.1 Å². The van der Waals surface area contributed by atoms with E-state index in [2.05, 4.69) is 50.8 Å². The molecule has 0 bridgehead atoms. The lowest BCUT2D eigenvalue weighted by Crippen LogP contribution is -2.47. The van der Waals surface area contributed by atoms with E-state index in [4.69, 9.17) is 35.5 Å². The van der Waals surface area contributed by atoms with Gasteiger partial charge in [0.2, 0.25) is 5.88 Å². The zero-order valence-corrected chi connectivity index (χ0v) is 40.3. The molecule has 68 heavy (non-hydrogen) atoms. The minimum Gasteiger partial charge on any atom is -0.489 e. The van der Waals surface area contributed by atoms with E-state index in [1.165, 1.54) is 22.8 Å². The van der Waals surface area contributed by atoms with Gasteiger partial charge in [-0.2, -0.15) is 4.98 Å².